The van der Waals surface area contributed by atoms with E-state index in [1.165, 1.54) is 38.9 Å². The van der Waals surface area contributed by atoms with Gasteiger partial charge in [0.1, 0.15) is 0 Å². The maximum absolute atomic E-state index is 8.81. The van der Waals surface area contributed by atoms with Crippen LogP contribution < -0.4 is 5.32 Å². The van der Waals surface area contributed by atoms with Crippen LogP contribution in [0.1, 0.15) is 25.7 Å². The quantitative estimate of drug-likeness (QED) is 0.691. The Morgan fingerprint density at radius 2 is 2.29 bits per heavy atom. The fraction of sp³-hybridized carbons (Fsp3) is 1.00. The maximum atomic E-state index is 8.81. The predicted octanol–water partition coefficient (Wildman–Crippen LogP) is 0.443. The highest BCUT2D eigenvalue weighted by Crippen LogP contribution is 2.26. The second-order valence-corrected chi connectivity index (χ2v) is 4.65. The van der Waals surface area contributed by atoms with Crippen LogP contribution in [-0.2, 0) is 0 Å². The second kappa shape index (κ2) is 5.10. The highest BCUT2D eigenvalue weighted by atomic mass is 16.2. The number of fused-ring (bicyclic) bond motifs is 1. The largest absolute Gasteiger partial charge is 0.396 e. The molecule has 2 unspecified atom stereocenters. The van der Waals surface area contributed by atoms with Crippen molar-refractivity contribution in [1.29, 1.82) is 0 Å². The lowest BCUT2D eigenvalue weighted by Gasteiger charge is -2.42. The third-order valence-electron chi connectivity index (χ3n) is 3.67. The summed E-state index contributed by atoms with van der Waals surface area (Å²) in [6, 6.07) is 0.779. The van der Waals surface area contributed by atoms with Gasteiger partial charge in [-0.3, -0.25) is 4.90 Å². The van der Waals surface area contributed by atoms with Gasteiger partial charge in [0.15, 0.2) is 0 Å². The molecule has 2 saturated heterocycles. The van der Waals surface area contributed by atoms with E-state index in [-0.39, 0.29) is 0 Å². The Hall–Kier alpha value is -0.120. The number of hydrogen-bond acceptors (Lipinski definition) is 3. The summed E-state index contributed by atoms with van der Waals surface area (Å²) in [6.07, 6.45) is 4.90. The van der Waals surface area contributed by atoms with Gasteiger partial charge in [-0.05, 0) is 38.1 Å². The molecule has 82 valence electrons. The molecule has 2 heterocycles. The van der Waals surface area contributed by atoms with Crippen molar-refractivity contribution in [2.75, 3.05) is 32.8 Å². The molecular weight excluding hydrogens is 176 g/mol. The lowest BCUT2D eigenvalue weighted by atomic mass is 9.86. The predicted molar refractivity (Wildman–Crippen MR) is 57.3 cm³/mol. The number of nitrogens with one attached hydrogen (secondary N) is 1. The number of hydrogen-bond donors (Lipinski definition) is 2. The zero-order valence-corrected chi connectivity index (χ0v) is 8.91. The summed E-state index contributed by atoms with van der Waals surface area (Å²) in [5.41, 5.74) is 0. The van der Waals surface area contributed by atoms with Crippen LogP contribution in [0, 0.1) is 5.92 Å². The molecule has 0 amide bonds. The lowest BCUT2D eigenvalue weighted by Crippen LogP contribution is -2.54. The molecule has 0 aromatic rings. The van der Waals surface area contributed by atoms with Gasteiger partial charge in [-0.15, -0.1) is 0 Å². The van der Waals surface area contributed by atoms with Crippen LogP contribution in [0.5, 0.6) is 0 Å². The zero-order valence-electron chi connectivity index (χ0n) is 8.91. The molecule has 2 atom stereocenters. The maximum Gasteiger partial charge on any atom is 0.0431 e. The Balaban J connectivity index is 1.77. The minimum Gasteiger partial charge on any atom is -0.396 e. The Morgan fingerprint density at radius 1 is 1.36 bits per heavy atom. The molecule has 3 heteroatoms. The van der Waals surface area contributed by atoms with Gasteiger partial charge in [-0.2, -0.15) is 0 Å². The average Bonchev–Trinajstić information content (AvgIpc) is 2.26. The van der Waals surface area contributed by atoms with E-state index in [4.69, 9.17) is 5.11 Å². The highest BCUT2D eigenvalue weighted by Gasteiger charge is 2.29. The van der Waals surface area contributed by atoms with Crippen molar-refractivity contribution in [3.63, 3.8) is 0 Å². The lowest BCUT2D eigenvalue weighted by molar-refractivity contribution is 0.0837. The minimum atomic E-state index is 0.364. The monoisotopic (exact) mass is 198 g/mol. The second-order valence-electron chi connectivity index (χ2n) is 4.65. The Kier molecular flexibility index (Phi) is 3.79. The van der Waals surface area contributed by atoms with Gasteiger partial charge in [-0.1, -0.05) is 0 Å². The molecule has 0 radical (unpaired) electrons. The van der Waals surface area contributed by atoms with Gasteiger partial charge in [0.05, 0.1) is 0 Å². The first kappa shape index (κ1) is 10.4. The van der Waals surface area contributed by atoms with Crippen molar-refractivity contribution in [2.24, 2.45) is 5.92 Å². The van der Waals surface area contributed by atoms with E-state index in [1.54, 1.807) is 0 Å². The Labute approximate surface area is 86.5 Å². The molecule has 2 aliphatic heterocycles. The van der Waals surface area contributed by atoms with Crippen LogP contribution in [0.4, 0.5) is 0 Å². The molecule has 0 spiro atoms. The minimum absolute atomic E-state index is 0.364. The van der Waals surface area contributed by atoms with Gasteiger partial charge in [0.25, 0.3) is 0 Å². The fourth-order valence-electron chi connectivity index (χ4n) is 2.82. The van der Waals surface area contributed by atoms with Crippen LogP contribution in [-0.4, -0.2) is 48.8 Å². The van der Waals surface area contributed by atoms with E-state index >= 15 is 0 Å². The molecule has 14 heavy (non-hydrogen) atoms. The first-order chi connectivity index (χ1) is 6.90. The molecule has 0 bridgehead atoms. The fourth-order valence-corrected chi connectivity index (χ4v) is 2.82. The molecule has 2 N–H and O–H groups in total. The summed E-state index contributed by atoms with van der Waals surface area (Å²) in [4.78, 5) is 2.63. The number of aliphatic hydroxyl groups is 1. The summed E-state index contributed by atoms with van der Waals surface area (Å²) in [7, 11) is 0. The number of piperazine rings is 1. The third-order valence-corrected chi connectivity index (χ3v) is 3.67. The van der Waals surface area contributed by atoms with Gasteiger partial charge in [-0.25, -0.2) is 0 Å². The standard InChI is InChI=1S/C11H22N2O/c14-7-1-2-10-3-5-13-6-4-12-9-11(13)8-10/h10-12,14H,1-9H2. The molecule has 3 nitrogen and oxygen atoms in total. The molecule has 2 aliphatic rings. The molecule has 2 fully saturated rings. The van der Waals surface area contributed by atoms with Gasteiger partial charge in [0, 0.05) is 32.3 Å². The number of piperidine rings is 1. The SMILES string of the molecule is OCCCC1CCN2CCNCC2C1. The highest BCUT2D eigenvalue weighted by molar-refractivity contribution is 4.86. The molecule has 2 rings (SSSR count). The average molecular weight is 198 g/mol. The van der Waals surface area contributed by atoms with Crippen LogP contribution in [0.25, 0.3) is 0 Å². The summed E-state index contributed by atoms with van der Waals surface area (Å²) in [5, 5.41) is 12.3. The topological polar surface area (TPSA) is 35.5 Å². The Bertz CT molecular complexity index is 175. The van der Waals surface area contributed by atoms with Crippen LogP contribution >= 0.6 is 0 Å². The molecule has 0 aromatic carbocycles. The Morgan fingerprint density at radius 3 is 3.14 bits per heavy atom. The van der Waals surface area contributed by atoms with E-state index in [0.717, 1.165) is 24.9 Å². The van der Waals surface area contributed by atoms with Crippen molar-refractivity contribution < 1.29 is 5.11 Å². The molecule has 0 saturated carbocycles. The number of rotatable bonds is 3. The van der Waals surface area contributed by atoms with E-state index in [2.05, 4.69) is 10.2 Å². The van der Waals surface area contributed by atoms with Crippen molar-refractivity contribution in [3.05, 3.63) is 0 Å². The van der Waals surface area contributed by atoms with E-state index in [0.29, 0.717) is 6.61 Å². The van der Waals surface area contributed by atoms with E-state index < -0.39 is 0 Å². The summed E-state index contributed by atoms with van der Waals surface area (Å²) in [5.74, 6) is 0.864. The van der Waals surface area contributed by atoms with E-state index in [9.17, 15) is 0 Å². The normalized spacial score (nSPS) is 34.1. The van der Waals surface area contributed by atoms with Gasteiger partial charge in [0.2, 0.25) is 0 Å². The number of aliphatic hydroxyl groups excluding tert-OH is 1. The molecular formula is C11H22N2O. The van der Waals surface area contributed by atoms with Crippen molar-refractivity contribution in [2.45, 2.75) is 31.7 Å². The van der Waals surface area contributed by atoms with Crippen molar-refractivity contribution >= 4 is 0 Å². The summed E-state index contributed by atoms with van der Waals surface area (Å²) < 4.78 is 0. The van der Waals surface area contributed by atoms with Gasteiger partial charge < -0.3 is 10.4 Å². The first-order valence-electron chi connectivity index (χ1n) is 5.96. The van der Waals surface area contributed by atoms with Crippen LogP contribution in [0.3, 0.4) is 0 Å². The third kappa shape index (κ3) is 2.47. The smallest absolute Gasteiger partial charge is 0.0431 e. The zero-order chi connectivity index (χ0) is 9.80. The van der Waals surface area contributed by atoms with Crippen molar-refractivity contribution in [1.82, 2.24) is 10.2 Å². The van der Waals surface area contributed by atoms with Crippen LogP contribution in [0.15, 0.2) is 0 Å². The molecule has 0 aliphatic carbocycles. The summed E-state index contributed by atoms with van der Waals surface area (Å²) in [6.45, 7) is 5.22. The van der Waals surface area contributed by atoms with E-state index in [1.807, 2.05) is 0 Å². The summed E-state index contributed by atoms with van der Waals surface area (Å²) >= 11 is 0. The van der Waals surface area contributed by atoms with Crippen molar-refractivity contribution in [3.8, 4) is 0 Å². The van der Waals surface area contributed by atoms with Gasteiger partial charge >= 0.3 is 0 Å². The molecule has 0 aromatic heterocycles. The number of nitrogens with zero attached hydrogens (tertiary/aromatic N) is 1. The first-order valence-corrected chi connectivity index (χ1v) is 5.96. The van der Waals surface area contributed by atoms with Crippen LogP contribution in [0.2, 0.25) is 0 Å².